The quantitative estimate of drug-likeness (QED) is 0.436. The Kier molecular flexibility index (Phi) is 2.67. The van der Waals surface area contributed by atoms with Crippen molar-refractivity contribution in [2.75, 3.05) is 26.9 Å². The fourth-order valence-electron chi connectivity index (χ4n) is 0.879. The molecule has 1 fully saturated rings. The molecule has 0 amide bonds. The normalized spacial score (nSPS) is 34.0. The van der Waals surface area contributed by atoms with Crippen molar-refractivity contribution >= 4 is 0 Å². The molecule has 0 aliphatic carbocycles. The summed E-state index contributed by atoms with van der Waals surface area (Å²) < 4.78 is 14.2. The Balaban J connectivity index is 2.64. The van der Waals surface area contributed by atoms with E-state index in [1.807, 2.05) is 0 Å². The van der Waals surface area contributed by atoms with Crippen molar-refractivity contribution in [1.29, 1.82) is 0 Å². The molecule has 0 aromatic heterocycles. The molecule has 12 heavy (non-hydrogen) atoms. The second kappa shape index (κ2) is 3.25. The van der Waals surface area contributed by atoms with E-state index in [2.05, 4.69) is 4.74 Å². The highest BCUT2D eigenvalue weighted by Crippen LogP contribution is 2.29. The van der Waals surface area contributed by atoms with E-state index in [4.69, 9.17) is 19.7 Å². The van der Waals surface area contributed by atoms with Crippen LogP contribution in [0.2, 0.25) is 0 Å². The van der Waals surface area contributed by atoms with Crippen molar-refractivity contribution in [1.82, 2.24) is 0 Å². The van der Waals surface area contributed by atoms with Crippen molar-refractivity contribution in [3.8, 4) is 0 Å². The van der Waals surface area contributed by atoms with E-state index in [0.29, 0.717) is 0 Å². The lowest BCUT2D eigenvalue weighted by Gasteiger charge is -2.24. The zero-order valence-corrected chi connectivity index (χ0v) is 6.69. The number of ether oxygens (including phenoxy) is 3. The molecule has 1 rings (SSSR count). The average Bonchev–Trinajstić information content (AvgIpc) is 2.46. The summed E-state index contributed by atoms with van der Waals surface area (Å²) in [6.07, 6.45) is 0. The summed E-state index contributed by atoms with van der Waals surface area (Å²) in [4.78, 5) is 0. The first-order valence-corrected chi connectivity index (χ1v) is 3.43. The summed E-state index contributed by atoms with van der Waals surface area (Å²) in [5.41, 5.74) is 0. The van der Waals surface area contributed by atoms with Crippen LogP contribution in [0.25, 0.3) is 0 Å². The Labute approximate surface area is 69.3 Å². The van der Waals surface area contributed by atoms with Gasteiger partial charge in [-0.05, 0) is 0 Å². The molecule has 6 nitrogen and oxygen atoms in total. The summed E-state index contributed by atoms with van der Waals surface area (Å²) in [6, 6.07) is 0. The topological polar surface area (TPSA) is 88.4 Å². The van der Waals surface area contributed by atoms with Gasteiger partial charge in [0.15, 0.2) is 0 Å². The number of hydrogen-bond donors (Lipinski definition) is 3. The summed E-state index contributed by atoms with van der Waals surface area (Å²) >= 11 is 0. The van der Waals surface area contributed by atoms with Gasteiger partial charge in [0.1, 0.15) is 6.61 Å². The summed E-state index contributed by atoms with van der Waals surface area (Å²) in [7, 11) is 1.23. The van der Waals surface area contributed by atoms with E-state index in [0.717, 1.165) is 0 Å². The zero-order chi connectivity index (χ0) is 9.24. The third-order valence-electron chi connectivity index (χ3n) is 1.66. The number of aliphatic hydroxyl groups excluding tert-OH is 2. The molecule has 1 unspecified atom stereocenters. The van der Waals surface area contributed by atoms with E-state index < -0.39 is 25.0 Å². The molecule has 0 spiro atoms. The van der Waals surface area contributed by atoms with Crippen molar-refractivity contribution < 1.29 is 29.5 Å². The van der Waals surface area contributed by atoms with Gasteiger partial charge >= 0.3 is 5.97 Å². The van der Waals surface area contributed by atoms with Gasteiger partial charge < -0.3 is 24.8 Å². The first kappa shape index (κ1) is 9.85. The predicted octanol–water partition coefficient (Wildman–Crippen LogP) is -1.99. The maximum absolute atomic E-state index is 9.31. The van der Waals surface area contributed by atoms with Crippen LogP contribution < -0.4 is 0 Å². The van der Waals surface area contributed by atoms with Crippen LogP contribution in [0.1, 0.15) is 0 Å². The largest absolute Gasteiger partial charge is 0.391 e. The Bertz CT molecular complexity index is 156. The molecule has 1 aliphatic heterocycles. The monoisotopic (exact) mass is 180 g/mol. The van der Waals surface area contributed by atoms with Crippen molar-refractivity contribution in [3.05, 3.63) is 0 Å². The highest BCUT2D eigenvalue weighted by molar-refractivity contribution is 4.77. The molecule has 0 aromatic carbocycles. The maximum atomic E-state index is 9.31. The molecule has 1 saturated heterocycles. The second-order valence-corrected chi connectivity index (χ2v) is 2.53. The number of methoxy groups -OCH3 is 1. The molecule has 3 N–H and O–H groups in total. The smallest absolute Gasteiger partial charge is 0.307 e. The van der Waals surface area contributed by atoms with Gasteiger partial charge in [-0.2, -0.15) is 0 Å². The van der Waals surface area contributed by atoms with E-state index in [-0.39, 0.29) is 6.61 Å². The predicted molar refractivity (Wildman–Crippen MR) is 35.9 cm³/mol. The molecule has 1 aliphatic rings. The molecule has 0 bridgehead atoms. The molecule has 72 valence electrons. The highest BCUT2D eigenvalue weighted by Gasteiger charge is 2.50. The van der Waals surface area contributed by atoms with Crippen LogP contribution in [0.3, 0.4) is 0 Å². The van der Waals surface area contributed by atoms with Crippen LogP contribution in [0.5, 0.6) is 0 Å². The Morgan fingerprint density at radius 3 is 2.25 bits per heavy atom. The minimum atomic E-state index is -1.87. The molecule has 0 saturated carbocycles. The number of aliphatic hydroxyl groups is 3. The third kappa shape index (κ3) is 1.58. The van der Waals surface area contributed by atoms with Crippen LogP contribution in [0.15, 0.2) is 0 Å². The summed E-state index contributed by atoms with van der Waals surface area (Å²) in [6.45, 7) is -1.34. The van der Waals surface area contributed by atoms with Gasteiger partial charge in [0.2, 0.25) is 5.79 Å². The van der Waals surface area contributed by atoms with Crippen LogP contribution in [-0.2, 0) is 14.2 Å². The van der Waals surface area contributed by atoms with Gasteiger partial charge in [-0.1, -0.05) is 0 Å². The second-order valence-electron chi connectivity index (χ2n) is 2.53. The average molecular weight is 180 g/mol. The molecule has 0 radical (unpaired) electrons. The molecule has 1 atom stereocenters. The molecule has 1 heterocycles. The summed E-state index contributed by atoms with van der Waals surface area (Å²) in [5.74, 6) is -3.42. The molecular weight excluding hydrogens is 168 g/mol. The van der Waals surface area contributed by atoms with E-state index in [9.17, 15) is 5.11 Å². The number of rotatable bonds is 3. The zero-order valence-electron chi connectivity index (χ0n) is 6.69. The maximum Gasteiger partial charge on any atom is 0.307 e. The van der Waals surface area contributed by atoms with Crippen LogP contribution in [-0.4, -0.2) is 54.0 Å². The van der Waals surface area contributed by atoms with E-state index in [1.165, 1.54) is 7.11 Å². The first-order chi connectivity index (χ1) is 5.60. The van der Waals surface area contributed by atoms with Gasteiger partial charge in [-0.15, -0.1) is 0 Å². The lowest BCUT2D eigenvalue weighted by Crippen LogP contribution is -2.43. The summed E-state index contributed by atoms with van der Waals surface area (Å²) in [5, 5.41) is 26.8. The van der Waals surface area contributed by atoms with E-state index in [1.54, 1.807) is 0 Å². The standard InChI is InChI=1S/C6H12O6/c1-10-6(9)4-11-5(2-7,3-8)12-6/h7-9H,2-4H2,1H3. The van der Waals surface area contributed by atoms with Crippen LogP contribution >= 0.6 is 0 Å². The Morgan fingerprint density at radius 2 is 2.00 bits per heavy atom. The van der Waals surface area contributed by atoms with Crippen molar-refractivity contribution in [3.63, 3.8) is 0 Å². The third-order valence-corrected chi connectivity index (χ3v) is 1.66. The molecular formula is C6H12O6. The first-order valence-electron chi connectivity index (χ1n) is 3.43. The molecule has 6 heteroatoms. The van der Waals surface area contributed by atoms with Gasteiger partial charge in [0, 0.05) is 7.11 Å². The minimum Gasteiger partial charge on any atom is -0.391 e. The lowest BCUT2D eigenvalue weighted by molar-refractivity contribution is -0.361. The fourth-order valence-corrected chi connectivity index (χ4v) is 0.879. The van der Waals surface area contributed by atoms with Crippen molar-refractivity contribution in [2.24, 2.45) is 0 Å². The highest BCUT2D eigenvalue weighted by atomic mass is 16.9. The molecule has 0 aromatic rings. The van der Waals surface area contributed by atoms with Crippen LogP contribution in [0.4, 0.5) is 0 Å². The van der Waals surface area contributed by atoms with Crippen molar-refractivity contribution in [2.45, 2.75) is 11.8 Å². The SMILES string of the molecule is COC1(O)COC(CO)(CO)O1. The Hall–Kier alpha value is -0.240. The fraction of sp³-hybridized carbons (Fsp3) is 1.00. The van der Waals surface area contributed by atoms with Gasteiger partial charge in [0.05, 0.1) is 13.2 Å². The Morgan fingerprint density at radius 1 is 1.42 bits per heavy atom. The lowest BCUT2D eigenvalue weighted by atomic mass is 10.3. The minimum absolute atomic E-state index is 0.245. The number of hydrogen-bond acceptors (Lipinski definition) is 6. The van der Waals surface area contributed by atoms with Crippen LogP contribution in [0, 0.1) is 0 Å². The van der Waals surface area contributed by atoms with Gasteiger partial charge in [0.25, 0.3) is 0 Å². The van der Waals surface area contributed by atoms with Gasteiger partial charge in [-0.25, -0.2) is 0 Å². The van der Waals surface area contributed by atoms with E-state index >= 15 is 0 Å². The van der Waals surface area contributed by atoms with Gasteiger partial charge in [-0.3, -0.25) is 4.74 Å².